The second-order valence-corrected chi connectivity index (χ2v) is 4.61. The number of nitrogens with two attached hydrogens (primary N) is 1. The van der Waals surface area contributed by atoms with E-state index in [1.807, 2.05) is 12.1 Å². The van der Waals surface area contributed by atoms with Crippen LogP contribution in [0.3, 0.4) is 0 Å². The highest BCUT2D eigenvalue weighted by Gasteiger charge is 2.17. The summed E-state index contributed by atoms with van der Waals surface area (Å²) in [5, 5.41) is 4.14. The van der Waals surface area contributed by atoms with Crippen molar-refractivity contribution in [3.63, 3.8) is 0 Å². The van der Waals surface area contributed by atoms with Gasteiger partial charge in [-0.2, -0.15) is 5.10 Å². The average Bonchev–Trinajstić information content (AvgIpc) is 2.69. The fraction of sp³-hybridized carbons (Fsp3) is 0.250. The molecule has 0 atom stereocenters. The zero-order valence-corrected chi connectivity index (χ0v) is 12.0. The number of aromatic nitrogens is 2. The van der Waals surface area contributed by atoms with Crippen LogP contribution in [0.1, 0.15) is 0 Å². The summed E-state index contributed by atoms with van der Waals surface area (Å²) in [7, 11) is 5.01. The third-order valence-electron chi connectivity index (χ3n) is 2.74. The van der Waals surface area contributed by atoms with Crippen LogP contribution in [0.15, 0.2) is 22.8 Å². The lowest BCUT2D eigenvalue weighted by atomic mass is 10.1. The van der Waals surface area contributed by atoms with E-state index in [1.54, 1.807) is 32.1 Å². The van der Waals surface area contributed by atoms with Gasteiger partial charge in [0, 0.05) is 28.7 Å². The Kier molecular flexibility index (Phi) is 3.47. The Morgan fingerprint density at radius 1 is 1.28 bits per heavy atom. The quantitative estimate of drug-likeness (QED) is 0.945. The Bertz CT molecular complexity index is 581. The molecule has 1 aromatic carbocycles. The molecule has 0 aliphatic heterocycles. The zero-order chi connectivity index (χ0) is 13.3. The molecule has 18 heavy (non-hydrogen) atoms. The Hall–Kier alpha value is -1.69. The number of nitrogens with zero attached hydrogens (tertiary/aromatic N) is 2. The van der Waals surface area contributed by atoms with Crippen molar-refractivity contribution in [2.24, 2.45) is 7.05 Å². The molecule has 0 bridgehead atoms. The topological polar surface area (TPSA) is 62.3 Å². The molecule has 0 saturated carbocycles. The van der Waals surface area contributed by atoms with Gasteiger partial charge < -0.3 is 15.2 Å². The molecule has 0 fully saturated rings. The van der Waals surface area contributed by atoms with Gasteiger partial charge in [0.25, 0.3) is 0 Å². The SMILES string of the molecule is COc1cc(Br)c(-c2cnn(C)c2N)c(OC)c1. The van der Waals surface area contributed by atoms with E-state index in [-0.39, 0.29) is 0 Å². The second-order valence-electron chi connectivity index (χ2n) is 3.75. The third kappa shape index (κ3) is 2.03. The van der Waals surface area contributed by atoms with E-state index >= 15 is 0 Å². The molecule has 5 nitrogen and oxygen atoms in total. The number of anilines is 1. The van der Waals surface area contributed by atoms with Crippen molar-refractivity contribution in [1.82, 2.24) is 9.78 Å². The van der Waals surface area contributed by atoms with Gasteiger partial charge in [-0.1, -0.05) is 0 Å². The standard InChI is InChI=1S/C12H14BrN3O2/c1-16-12(14)8(6-15-16)11-9(13)4-7(17-2)5-10(11)18-3/h4-6H,14H2,1-3H3. The van der Waals surface area contributed by atoms with Gasteiger partial charge in [-0.05, 0) is 22.0 Å². The summed E-state index contributed by atoms with van der Waals surface area (Å²) in [6.45, 7) is 0. The lowest BCUT2D eigenvalue weighted by Crippen LogP contribution is -1.99. The maximum absolute atomic E-state index is 5.99. The van der Waals surface area contributed by atoms with Crippen molar-refractivity contribution >= 4 is 21.7 Å². The number of hydrogen-bond acceptors (Lipinski definition) is 4. The van der Waals surface area contributed by atoms with E-state index < -0.39 is 0 Å². The van der Waals surface area contributed by atoms with E-state index in [9.17, 15) is 0 Å². The molecule has 0 saturated heterocycles. The van der Waals surface area contributed by atoms with Gasteiger partial charge in [0.05, 0.1) is 20.4 Å². The molecule has 0 amide bonds. The van der Waals surface area contributed by atoms with E-state index in [0.717, 1.165) is 15.6 Å². The number of ether oxygens (including phenoxy) is 2. The normalized spacial score (nSPS) is 10.4. The highest BCUT2D eigenvalue weighted by Crippen LogP contribution is 2.41. The molecule has 0 aliphatic rings. The van der Waals surface area contributed by atoms with Gasteiger partial charge in [-0.25, -0.2) is 0 Å². The largest absolute Gasteiger partial charge is 0.497 e. The summed E-state index contributed by atoms with van der Waals surface area (Å²) in [5.74, 6) is 1.98. The maximum Gasteiger partial charge on any atom is 0.131 e. The van der Waals surface area contributed by atoms with Crippen LogP contribution in [0.4, 0.5) is 5.82 Å². The number of benzene rings is 1. The Morgan fingerprint density at radius 3 is 2.50 bits per heavy atom. The number of rotatable bonds is 3. The maximum atomic E-state index is 5.99. The summed E-state index contributed by atoms with van der Waals surface area (Å²) >= 11 is 3.51. The molecular formula is C12H14BrN3O2. The summed E-state index contributed by atoms with van der Waals surface area (Å²) in [6.07, 6.45) is 1.71. The highest BCUT2D eigenvalue weighted by molar-refractivity contribution is 9.10. The predicted molar refractivity (Wildman–Crippen MR) is 73.9 cm³/mol. The van der Waals surface area contributed by atoms with Crippen molar-refractivity contribution in [3.8, 4) is 22.6 Å². The van der Waals surface area contributed by atoms with E-state index in [0.29, 0.717) is 17.3 Å². The summed E-state index contributed by atoms with van der Waals surface area (Å²) in [5.41, 5.74) is 7.68. The molecule has 1 aromatic heterocycles. The predicted octanol–water partition coefficient (Wildman–Crippen LogP) is 2.45. The van der Waals surface area contributed by atoms with E-state index in [2.05, 4.69) is 21.0 Å². The first-order valence-corrected chi connectivity index (χ1v) is 6.07. The Labute approximate surface area is 114 Å². The number of nitrogen functional groups attached to an aromatic ring is 1. The zero-order valence-electron chi connectivity index (χ0n) is 10.4. The molecule has 6 heteroatoms. The molecule has 0 radical (unpaired) electrons. The van der Waals surface area contributed by atoms with Crippen molar-refractivity contribution in [1.29, 1.82) is 0 Å². The monoisotopic (exact) mass is 311 g/mol. The average molecular weight is 312 g/mol. The van der Waals surface area contributed by atoms with Crippen LogP contribution in [0.2, 0.25) is 0 Å². The number of hydrogen-bond donors (Lipinski definition) is 1. The van der Waals surface area contributed by atoms with Crippen LogP contribution >= 0.6 is 15.9 Å². The van der Waals surface area contributed by atoms with E-state index in [4.69, 9.17) is 15.2 Å². The van der Waals surface area contributed by atoms with Crippen LogP contribution in [-0.2, 0) is 7.05 Å². The number of halogens is 1. The lowest BCUT2D eigenvalue weighted by molar-refractivity contribution is 0.395. The van der Waals surface area contributed by atoms with Gasteiger partial charge in [-0.15, -0.1) is 0 Å². The third-order valence-corrected chi connectivity index (χ3v) is 3.36. The lowest BCUT2D eigenvalue weighted by Gasteiger charge is -2.12. The molecule has 2 N–H and O–H groups in total. The first-order chi connectivity index (χ1) is 8.58. The van der Waals surface area contributed by atoms with Crippen LogP contribution in [0.25, 0.3) is 11.1 Å². The smallest absolute Gasteiger partial charge is 0.131 e. The minimum atomic E-state index is 0.583. The van der Waals surface area contributed by atoms with Gasteiger partial charge in [0.15, 0.2) is 0 Å². The second kappa shape index (κ2) is 4.89. The van der Waals surface area contributed by atoms with Crippen molar-refractivity contribution in [3.05, 3.63) is 22.8 Å². The fourth-order valence-electron chi connectivity index (χ4n) is 1.74. The van der Waals surface area contributed by atoms with Crippen LogP contribution < -0.4 is 15.2 Å². The number of methoxy groups -OCH3 is 2. The molecule has 0 unspecified atom stereocenters. The fourth-order valence-corrected chi connectivity index (χ4v) is 2.37. The minimum Gasteiger partial charge on any atom is -0.497 e. The molecular weight excluding hydrogens is 298 g/mol. The first kappa shape index (κ1) is 12.8. The van der Waals surface area contributed by atoms with Gasteiger partial charge in [0.2, 0.25) is 0 Å². The van der Waals surface area contributed by atoms with Gasteiger partial charge >= 0.3 is 0 Å². The molecule has 0 aliphatic carbocycles. The summed E-state index contributed by atoms with van der Waals surface area (Å²) in [4.78, 5) is 0. The van der Waals surface area contributed by atoms with Crippen molar-refractivity contribution in [2.45, 2.75) is 0 Å². The van der Waals surface area contributed by atoms with Crippen LogP contribution in [-0.4, -0.2) is 24.0 Å². The van der Waals surface area contributed by atoms with Crippen LogP contribution in [0, 0.1) is 0 Å². The molecule has 96 valence electrons. The van der Waals surface area contributed by atoms with Crippen molar-refractivity contribution < 1.29 is 9.47 Å². The van der Waals surface area contributed by atoms with Gasteiger partial charge in [0.1, 0.15) is 17.3 Å². The number of aryl methyl sites for hydroxylation is 1. The van der Waals surface area contributed by atoms with Crippen LogP contribution in [0.5, 0.6) is 11.5 Å². The molecule has 0 spiro atoms. The van der Waals surface area contributed by atoms with Crippen molar-refractivity contribution in [2.75, 3.05) is 20.0 Å². The van der Waals surface area contributed by atoms with Gasteiger partial charge in [-0.3, -0.25) is 4.68 Å². The highest BCUT2D eigenvalue weighted by atomic mass is 79.9. The van der Waals surface area contributed by atoms with E-state index in [1.165, 1.54) is 0 Å². The minimum absolute atomic E-state index is 0.583. The molecule has 1 heterocycles. The first-order valence-electron chi connectivity index (χ1n) is 5.27. The summed E-state index contributed by atoms with van der Waals surface area (Å²) < 4.78 is 13.0. The Balaban J connectivity index is 2.67. The molecule has 2 rings (SSSR count). The summed E-state index contributed by atoms with van der Waals surface area (Å²) in [6, 6.07) is 3.68. The molecule has 2 aromatic rings. The Morgan fingerprint density at radius 2 is 2.00 bits per heavy atom.